The molecule has 50 heavy (non-hydrogen) atoms. The van der Waals surface area contributed by atoms with Crippen LogP contribution in [0.1, 0.15) is 89.0 Å². The summed E-state index contributed by atoms with van der Waals surface area (Å²) < 4.78 is 64.7. The molecule has 284 valence electrons. The molecule has 0 spiro atoms. The van der Waals surface area contributed by atoms with Crippen molar-refractivity contribution in [2.75, 3.05) is 6.61 Å². The van der Waals surface area contributed by atoms with E-state index < -0.39 is 127 Å². The van der Waals surface area contributed by atoms with Crippen LogP contribution in [0.25, 0.3) is 0 Å². The van der Waals surface area contributed by atoms with Crippen LogP contribution in [-0.4, -0.2) is 126 Å². The van der Waals surface area contributed by atoms with Gasteiger partial charge in [-0.15, -0.1) is 0 Å². The van der Waals surface area contributed by atoms with Gasteiger partial charge in [-0.25, -0.2) is 4.79 Å². The topological polar surface area (TPSA) is 207 Å². The lowest BCUT2D eigenvalue weighted by atomic mass is 9.79. The van der Waals surface area contributed by atoms with Gasteiger partial charge in [-0.3, -0.25) is 19.2 Å². The van der Waals surface area contributed by atoms with E-state index in [1.165, 1.54) is 0 Å². The quantitative estimate of drug-likeness (QED) is 0.250. The molecular formula is C33H50O17. The fourth-order valence-electron chi connectivity index (χ4n) is 6.68. The number of hydrogen-bond donors (Lipinski definition) is 1. The minimum atomic E-state index is -2.39. The van der Waals surface area contributed by atoms with Crippen LogP contribution in [0.2, 0.25) is 0 Å². The molecule has 0 amide bonds. The molecule has 4 aliphatic heterocycles. The third-order valence-electron chi connectivity index (χ3n) is 8.28. The Bertz CT molecular complexity index is 1310. The fraction of sp³-hybridized carbons (Fsp3) is 0.848. The van der Waals surface area contributed by atoms with Gasteiger partial charge in [0.05, 0.1) is 12.2 Å². The Kier molecular flexibility index (Phi) is 11.6. The third kappa shape index (κ3) is 9.29. The van der Waals surface area contributed by atoms with Crippen molar-refractivity contribution in [3.05, 3.63) is 0 Å². The maximum Gasteiger partial charge on any atom is 0.341 e. The zero-order chi connectivity index (χ0) is 37.6. The lowest BCUT2D eigenvalue weighted by Gasteiger charge is -2.50. The molecule has 11 atom stereocenters. The van der Waals surface area contributed by atoms with Crippen LogP contribution in [0.5, 0.6) is 0 Å². The molecular weight excluding hydrogens is 668 g/mol. The normalized spacial score (nSPS) is 35.4. The number of fused-ring (bicyclic) bond motifs is 3. The van der Waals surface area contributed by atoms with Gasteiger partial charge in [-0.1, -0.05) is 0 Å². The molecule has 4 heterocycles. The summed E-state index contributed by atoms with van der Waals surface area (Å²) in [7, 11) is 0. The molecule has 0 aromatic heterocycles. The summed E-state index contributed by atoms with van der Waals surface area (Å²) in [5, 5.41) is 12.2. The molecule has 0 aromatic carbocycles. The molecule has 0 radical (unpaired) electrons. The average Bonchev–Trinajstić information content (AvgIpc) is 3.43. The molecule has 0 saturated carbocycles. The smallest absolute Gasteiger partial charge is 0.341 e. The second-order valence-corrected chi connectivity index (χ2v) is 14.8. The minimum absolute atomic E-state index is 0.354. The predicted octanol–water partition coefficient (Wildman–Crippen LogP) is 1.36. The second kappa shape index (κ2) is 14.6. The van der Waals surface area contributed by atoms with Crippen molar-refractivity contribution < 1.29 is 81.2 Å². The van der Waals surface area contributed by atoms with Gasteiger partial charge in [0.25, 0.3) is 0 Å². The fourth-order valence-corrected chi connectivity index (χ4v) is 6.68. The van der Waals surface area contributed by atoms with Crippen molar-refractivity contribution in [3.8, 4) is 0 Å². The van der Waals surface area contributed by atoms with Crippen LogP contribution in [0.3, 0.4) is 0 Å². The first-order valence-electron chi connectivity index (χ1n) is 16.5. The standard InChI is InChI=1S/C33H50O17/c1-15(34)40-14-21(42-17(3)36)25-23(43-18(4)37)20(41-16(2)35)13-33(48-25,29(39)50-30(5,6)7)22(38)12-19-24-26(46-31(8,9)45-24)27-28(44-19)49-32(10,11)47-27/h19-28,38H,12-14H2,1-11H3/t19-,20-,21+,22-,23-,24+,25-,26+,27-,28-,33+/m1/s1. The van der Waals surface area contributed by atoms with Crippen molar-refractivity contribution in [2.45, 2.75) is 173 Å². The summed E-state index contributed by atoms with van der Waals surface area (Å²) >= 11 is 0. The highest BCUT2D eigenvalue weighted by atomic mass is 16.9. The van der Waals surface area contributed by atoms with Crippen LogP contribution in [0.4, 0.5) is 0 Å². The number of ether oxygens (including phenoxy) is 11. The minimum Gasteiger partial charge on any atom is -0.462 e. The number of rotatable bonds is 10. The summed E-state index contributed by atoms with van der Waals surface area (Å²) in [4.78, 5) is 63.3. The van der Waals surface area contributed by atoms with E-state index >= 15 is 0 Å². The summed E-state index contributed by atoms with van der Waals surface area (Å²) in [5.74, 6) is -6.43. The summed E-state index contributed by atoms with van der Waals surface area (Å²) in [6, 6.07) is 0. The molecule has 4 saturated heterocycles. The SMILES string of the molecule is CC(=O)OC[C@H](OC(C)=O)[C@H]1O[C@](C(=O)OC(C)(C)C)([C@H](O)C[C@H]2O[C@@H]3OC(C)(C)O[C@@H]3[C@H]3OC(C)(C)O[C@H]32)C[C@@H](OC(C)=O)[C@H]1OC(C)=O. The van der Waals surface area contributed by atoms with E-state index in [2.05, 4.69) is 0 Å². The number of aliphatic hydroxyl groups excluding tert-OH is 1. The Hall–Kier alpha value is -2.93. The van der Waals surface area contributed by atoms with Crippen molar-refractivity contribution in [1.82, 2.24) is 0 Å². The van der Waals surface area contributed by atoms with Gasteiger partial charge in [0.2, 0.25) is 0 Å². The molecule has 1 N–H and O–H groups in total. The van der Waals surface area contributed by atoms with Crippen molar-refractivity contribution in [3.63, 3.8) is 0 Å². The van der Waals surface area contributed by atoms with Crippen molar-refractivity contribution in [2.24, 2.45) is 0 Å². The molecule has 17 nitrogen and oxygen atoms in total. The van der Waals surface area contributed by atoms with E-state index in [9.17, 15) is 29.1 Å². The summed E-state index contributed by atoms with van der Waals surface area (Å²) in [6.45, 7) is 15.4. The number of aliphatic hydroxyl groups is 1. The Morgan fingerprint density at radius 1 is 0.780 bits per heavy atom. The molecule has 4 aliphatic rings. The predicted molar refractivity (Wildman–Crippen MR) is 165 cm³/mol. The van der Waals surface area contributed by atoms with E-state index in [-0.39, 0.29) is 6.42 Å². The van der Waals surface area contributed by atoms with Gasteiger partial charge < -0.3 is 57.2 Å². The lowest BCUT2D eigenvalue weighted by Crippen LogP contribution is -2.69. The van der Waals surface area contributed by atoms with Crippen LogP contribution >= 0.6 is 0 Å². The molecule has 0 bridgehead atoms. The largest absolute Gasteiger partial charge is 0.462 e. The van der Waals surface area contributed by atoms with Gasteiger partial charge in [0.15, 0.2) is 35.7 Å². The highest BCUT2D eigenvalue weighted by Gasteiger charge is 2.65. The molecule has 4 rings (SSSR count). The number of esters is 5. The molecule has 17 heteroatoms. The highest BCUT2D eigenvalue weighted by Crippen LogP contribution is 2.47. The Labute approximate surface area is 290 Å². The Morgan fingerprint density at radius 2 is 1.36 bits per heavy atom. The van der Waals surface area contributed by atoms with E-state index in [1.807, 2.05) is 0 Å². The first kappa shape index (κ1) is 39.8. The van der Waals surface area contributed by atoms with Crippen LogP contribution < -0.4 is 0 Å². The van der Waals surface area contributed by atoms with Crippen LogP contribution in [-0.2, 0) is 76.1 Å². The van der Waals surface area contributed by atoms with Crippen LogP contribution in [0, 0.1) is 0 Å². The van der Waals surface area contributed by atoms with E-state index in [1.54, 1.807) is 48.5 Å². The van der Waals surface area contributed by atoms with Crippen LogP contribution in [0.15, 0.2) is 0 Å². The first-order valence-corrected chi connectivity index (χ1v) is 16.5. The number of carbonyl (C=O) groups excluding carboxylic acids is 5. The summed E-state index contributed by atoms with van der Waals surface area (Å²) in [5.41, 5.74) is -3.51. The molecule has 0 aromatic rings. The average molecular weight is 719 g/mol. The highest BCUT2D eigenvalue weighted by molar-refractivity contribution is 5.81. The maximum atomic E-state index is 14.3. The number of hydrogen-bond acceptors (Lipinski definition) is 17. The zero-order valence-corrected chi connectivity index (χ0v) is 30.4. The first-order chi connectivity index (χ1) is 22.9. The van der Waals surface area contributed by atoms with E-state index in [0.717, 1.165) is 27.7 Å². The monoisotopic (exact) mass is 718 g/mol. The molecule has 4 fully saturated rings. The Morgan fingerprint density at radius 3 is 1.92 bits per heavy atom. The van der Waals surface area contributed by atoms with E-state index in [0.29, 0.717) is 0 Å². The summed E-state index contributed by atoms with van der Waals surface area (Å²) in [6.07, 6.45) is -13.0. The molecule has 0 unspecified atom stereocenters. The molecule has 0 aliphatic carbocycles. The van der Waals surface area contributed by atoms with Gasteiger partial charge in [-0.05, 0) is 48.5 Å². The lowest BCUT2D eigenvalue weighted by molar-refractivity contribution is -0.287. The Balaban J connectivity index is 1.81. The van der Waals surface area contributed by atoms with Gasteiger partial charge in [-0.2, -0.15) is 0 Å². The van der Waals surface area contributed by atoms with E-state index in [4.69, 9.17) is 52.1 Å². The van der Waals surface area contributed by atoms with Crippen molar-refractivity contribution in [1.29, 1.82) is 0 Å². The number of carbonyl (C=O) groups is 5. The van der Waals surface area contributed by atoms with Crippen molar-refractivity contribution >= 4 is 29.8 Å². The van der Waals surface area contributed by atoms with Gasteiger partial charge in [0, 0.05) is 40.5 Å². The van der Waals surface area contributed by atoms with Gasteiger partial charge in [0.1, 0.15) is 42.7 Å². The van der Waals surface area contributed by atoms with Gasteiger partial charge >= 0.3 is 29.8 Å². The maximum absolute atomic E-state index is 14.3. The second-order valence-electron chi connectivity index (χ2n) is 14.8. The zero-order valence-electron chi connectivity index (χ0n) is 30.4. The third-order valence-corrected chi connectivity index (χ3v) is 8.28.